The molecule has 10 heteroatoms. The molecule has 5 N–H and O–H groups in total. The van der Waals surface area contributed by atoms with E-state index in [1.807, 2.05) is 41.5 Å². The van der Waals surface area contributed by atoms with Gasteiger partial charge in [-0.25, -0.2) is 4.79 Å². The summed E-state index contributed by atoms with van der Waals surface area (Å²) in [5.41, 5.74) is 4.09. The van der Waals surface area contributed by atoms with E-state index in [0.717, 1.165) is 19.3 Å². The summed E-state index contributed by atoms with van der Waals surface area (Å²) in [5.74, 6) is -2.34. The highest BCUT2D eigenvalue weighted by Gasteiger charge is 2.70. The van der Waals surface area contributed by atoms with E-state index in [0.29, 0.717) is 19.4 Å². The second-order valence-corrected chi connectivity index (χ2v) is 13.8. The zero-order valence-corrected chi connectivity index (χ0v) is 24.3. The van der Waals surface area contributed by atoms with Crippen molar-refractivity contribution in [2.45, 2.75) is 111 Å². The van der Waals surface area contributed by atoms with Crippen LogP contribution in [0.25, 0.3) is 0 Å². The molecule has 0 aromatic rings. The van der Waals surface area contributed by atoms with E-state index in [1.54, 1.807) is 4.90 Å². The van der Waals surface area contributed by atoms with Crippen molar-refractivity contribution >= 4 is 29.5 Å². The molecule has 5 unspecified atom stereocenters. The minimum atomic E-state index is -1.07. The molecule has 0 spiro atoms. The molecule has 5 atom stereocenters. The van der Waals surface area contributed by atoms with Crippen molar-refractivity contribution in [1.82, 2.24) is 20.9 Å². The first-order chi connectivity index (χ1) is 17.4. The predicted octanol–water partition coefficient (Wildman–Crippen LogP) is 2.10. The zero-order chi connectivity index (χ0) is 28.8. The number of urea groups is 1. The smallest absolute Gasteiger partial charge is 0.315 e. The van der Waals surface area contributed by atoms with Gasteiger partial charge in [0, 0.05) is 12.1 Å². The Balaban J connectivity index is 1.83. The number of nitrogens with one attached hydrogen (secondary N) is 3. The Labute approximate surface area is 226 Å². The van der Waals surface area contributed by atoms with Crippen molar-refractivity contribution in [3.63, 3.8) is 0 Å². The molecule has 0 aromatic heterocycles. The van der Waals surface area contributed by atoms with Gasteiger partial charge in [0.15, 0.2) is 0 Å². The minimum Gasteiger partial charge on any atom is -0.363 e. The summed E-state index contributed by atoms with van der Waals surface area (Å²) in [6, 6.07) is -3.11. The Morgan fingerprint density at radius 1 is 1.03 bits per heavy atom. The molecule has 214 valence electrons. The Kier molecular flexibility index (Phi) is 8.25. The Morgan fingerprint density at radius 3 is 2.11 bits per heavy atom. The second kappa shape index (κ2) is 10.5. The lowest BCUT2D eigenvalue weighted by Crippen LogP contribution is -2.62. The number of hydrogen-bond acceptors (Lipinski definition) is 5. The number of hydrogen-bond donors (Lipinski definition) is 4. The molecular weight excluding hydrogens is 486 g/mol. The highest BCUT2D eigenvalue weighted by molar-refractivity contribution is 6.37. The van der Waals surface area contributed by atoms with Crippen LogP contribution in [0.1, 0.15) is 87.5 Å². The standard InChI is InChI=1S/C28H47N5O5/c1-9-27(5,6)32-25(38)31-21(26(2,3)4)24(37)33-14-16-18(28(16,7)8)19(33)23(36)30-17(20(34)22(29)35)13-15-11-10-12-15/h15-19,21H,9-14H2,1-8H3,(H2,29,35)(H,30,36)(H2,31,32,38). The van der Waals surface area contributed by atoms with Gasteiger partial charge in [-0.1, -0.05) is 60.8 Å². The quantitative estimate of drug-likeness (QED) is 0.317. The van der Waals surface area contributed by atoms with E-state index in [-0.39, 0.29) is 29.1 Å². The summed E-state index contributed by atoms with van der Waals surface area (Å²) in [7, 11) is 0. The average molecular weight is 534 g/mol. The van der Waals surface area contributed by atoms with Gasteiger partial charge in [-0.15, -0.1) is 0 Å². The van der Waals surface area contributed by atoms with Crippen LogP contribution in [0.5, 0.6) is 0 Å². The van der Waals surface area contributed by atoms with Crippen LogP contribution in [0.2, 0.25) is 0 Å². The molecule has 3 aliphatic rings. The van der Waals surface area contributed by atoms with Crippen LogP contribution in [-0.4, -0.2) is 64.6 Å². The SMILES string of the molecule is CCC(C)(C)NC(=O)NC(C(=O)N1CC2C(C1C(=O)NC(CC1CCC1)C(=O)C(N)=O)C2(C)C)C(C)(C)C. The molecular formula is C28H47N5O5. The van der Waals surface area contributed by atoms with E-state index in [2.05, 4.69) is 29.8 Å². The topological polar surface area (TPSA) is 151 Å². The third-order valence-electron chi connectivity index (χ3n) is 9.15. The van der Waals surface area contributed by atoms with Gasteiger partial charge in [0.05, 0.1) is 6.04 Å². The molecule has 38 heavy (non-hydrogen) atoms. The summed E-state index contributed by atoms with van der Waals surface area (Å²) < 4.78 is 0. The van der Waals surface area contributed by atoms with Gasteiger partial charge in [-0.3, -0.25) is 19.2 Å². The number of piperidine rings is 1. The van der Waals surface area contributed by atoms with E-state index in [1.165, 1.54) is 0 Å². The first-order valence-corrected chi connectivity index (χ1v) is 13.9. The van der Waals surface area contributed by atoms with Crippen LogP contribution in [-0.2, 0) is 19.2 Å². The third kappa shape index (κ3) is 6.15. The van der Waals surface area contributed by atoms with E-state index < -0.39 is 52.7 Å². The van der Waals surface area contributed by atoms with Gasteiger partial charge in [0.1, 0.15) is 12.1 Å². The largest absolute Gasteiger partial charge is 0.363 e. The van der Waals surface area contributed by atoms with Gasteiger partial charge in [-0.2, -0.15) is 0 Å². The van der Waals surface area contributed by atoms with Gasteiger partial charge >= 0.3 is 6.03 Å². The van der Waals surface area contributed by atoms with Crippen LogP contribution in [0.3, 0.4) is 0 Å². The third-order valence-corrected chi connectivity index (χ3v) is 9.15. The fourth-order valence-electron chi connectivity index (χ4n) is 5.91. The lowest BCUT2D eigenvalue weighted by atomic mass is 9.80. The summed E-state index contributed by atoms with van der Waals surface area (Å²) in [6.45, 7) is 15.9. The fraction of sp³-hybridized carbons (Fsp3) is 0.821. The van der Waals surface area contributed by atoms with Crippen LogP contribution >= 0.6 is 0 Å². The number of nitrogens with zero attached hydrogens (tertiary/aromatic N) is 1. The molecule has 3 rings (SSSR count). The molecule has 2 aliphatic carbocycles. The number of carbonyl (C=O) groups is 5. The van der Waals surface area contributed by atoms with Crippen molar-refractivity contribution in [3.8, 4) is 0 Å². The van der Waals surface area contributed by atoms with Crippen molar-refractivity contribution < 1.29 is 24.0 Å². The molecule has 10 nitrogen and oxygen atoms in total. The summed E-state index contributed by atoms with van der Waals surface area (Å²) in [4.78, 5) is 66.4. The number of Topliss-reactive ketones (excluding diaryl/α,β-unsaturated/α-hetero) is 1. The maximum atomic E-state index is 14.0. The van der Waals surface area contributed by atoms with Gasteiger partial charge in [0.25, 0.3) is 5.91 Å². The highest BCUT2D eigenvalue weighted by Crippen LogP contribution is 2.65. The molecule has 2 saturated carbocycles. The van der Waals surface area contributed by atoms with Gasteiger partial charge in [-0.05, 0) is 55.3 Å². The molecule has 1 heterocycles. The summed E-state index contributed by atoms with van der Waals surface area (Å²) in [5, 5.41) is 8.57. The first kappa shape index (κ1) is 29.9. The zero-order valence-electron chi connectivity index (χ0n) is 24.3. The lowest BCUT2D eigenvalue weighted by Gasteiger charge is -2.38. The van der Waals surface area contributed by atoms with Crippen molar-refractivity contribution in [2.24, 2.45) is 34.3 Å². The van der Waals surface area contributed by atoms with E-state index in [4.69, 9.17) is 5.73 Å². The monoisotopic (exact) mass is 533 g/mol. The van der Waals surface area contributed by atoms with Gasteiger partial charge in [0.2, 0.25) is 17.6 Å². The highest BCUT2D eigenvalue weighted by atomic mass is 16.2. The molecule has 3 fully saturated rings. The van der Waals surface area contributed by atoms with Crippen LogP contribution < -0.4 is 21.7 Å². The normalized spacial score (nSPS) is 25.9. The van der Waals surface area contributed by atoms with E-state index in [9.17, 15) is 24.0 Å². The molecule has 5 amide bonds. The number of ketones is 1. The molecule has 1 aliphatic heterocycles. The van der Waals surface area contributed by atoms with E-state index >= 15 is 0 Å². The fourth-order valence-corrected chi connectivity index (χ4v) is 5.91. The molecule has 0 aromatic carbocycles. The number of amides is 5. The molecule has 0 radical (unpaired) electrons. The molecule has 0 bridgehead atoms. The Bertz CT molecular complexity index is 981. The van der Waals surface area contributed by atoms with Crippen LogP contribution in [0, 0.1) is 28.6 Å². The number of likely N-dealkylation sites (tertiary alicyclic amines) is 1. The number of fused-ring (bicyclic) bond motifs is 1. The van der Waals surface area contributed by atoms with Crippen LogP contribution in [0.4, 0.5) is 4.79 Å². The summed E-state index contributed by atoms with van der Waals surface area (Å²) in [6.07, 6.45) is 4.03. The second-order valence-electron chi connectivity index (χ2n) is 13.8. The minimum absolute atomic E-state index is 0.0760. The number of rotatable bonds is 10. The Morgan fingerprint density at radius 2 is 1.63 bits per heavy atom. The first-order valence-electron chi connectivity index (χ1n) is 13.9. The number of carbonyl (C=O) groups excluding carboxylic acids is 5. The molecule has 1 saturated heterocycles. The number of primary amides is 1. The lowest BCUT2D eigenvalue weighted by molar-refractivity contribution is -0.145. The van der Waals surface area contributed by atoms with Crippen molar-refractivity contribution in [1.29, 1.82) is 0 Å². The maximum absolute atomic E-state index is 14.0. The maximum Gasteiger partial charge on any atom is 0.315 e. The number of nitrogens with two attached hydrogens (primary N) is 1. The van der Waals surface area contributed by atoms with Crippen molar-refractivity contribution in [2.75, 3.05) is 6.54 Å². The predicted molar refractivity (Wildman–Crippen MR) is 144 cm³/mol. The van der Waals surface area contributed by atoms with Gasteiger partial charge < -0.3 is 26.6 Å². The van der Waals surface area contributed by atoms with Crippen molar-refractivity contribution in [3.05, 3.63) is 0 Å². The Hall–Kier alpha value is -2.65. The average Bonchev–Trinajstić information content (AvgIpc) is 3.10. The van der Waals surface area contributed by atoms with Crippen LogP contribution in [0.15, 0.2) is 0 Å². The summed E-state index contributed by atoms with van der Waals surface area (Å²) >= 11 is 0.